The second-order valence-corrected chi connectivity index (χ2v) is 5.72. The number of carbonyl (C=O) groups excluding carboxylic acids is 1. The van der Waals surface area contributed by atoms with Crippen LogP contribution in [0.15, 0.2) is 0 Å². The van der Waals surface area contributed by atoms with Gasteiger partial charge in [-0.15, -0.1) is 0 Å². The first-order chi connectivity index (χ1) is 7.83. The van der Waals surface area contributed by atoms with E-state index < -0.39 is 5.60 Å². The van der Waals surface area contributed by atoms with Crippen LogP contribution in [0.4, 0.5) is 0 Å². The van der Waals surface area contributed by atoms with Crippen LogP contribution in [0.3, 0.4) is 0 Å². The molecule has 0 aromatic heterocycles. The van der Waals surface area contributed by atoms with Crippen molar-refractivity contribution in [1.82, 2.24) is 9.80 Å². The first-order valence-electron chi connectivity index (χ1n) is 6.57. The molecule has 0 aromatic carbocycles. The molecule has 0 saturated carbocycles. The fourth-order valence-corrected chi connectivity index (χ4v) is 2.16. The Morgan fingerprint density at radius 3 is 2.24 bits per heavy atom. The Kier molecular flexibility index (Phi) is 4.95. The number of rotatable bonds is 4. The van der Waals surface area contributed by atoms with Gasteiger partial charge in [-0.25, -0.2) is 0 Å². The summed E-state index contributed by atoms with van der Waals surface area (Å²) < 4.78 is 0. The number of amides is 1. The minimum Gasteiger partial charge on any atom is -0.389 e. The molecule has 0 bridgehead atoms. The van der Waals surface area contributed by atoms with Crippen molar-refractivity contribution in [3.63, 3.8) is 0 Å². The fourth-order valence-electron chi connectivity index (χ4n) is 2.16. The van der Waals surface area contributed by atoms with Crippen molar-refractivity contribution in [3.8, 4) is 0 Å². The van der Waals surface area contributed by atoms with Crippen LogP contribution in [-0.4, -0.2) is 59.1 Å². The maximum absolute atomic E-state index is 12.0. The number of nitrogens with zero attached hydrogens (tertiary/aromatic N) is 2. The highest BCUT2D eigenvalue weighted by Gasteiger charge is 2.26. The maximum Gasteiger partial charge on any atom is 0.225 e. The Labute approximate surface area is 105 Å². The van der Waals surface area contributed by atoms with E-state index in [0.29, 0.717) is 6.54 Å². The summed E-state index contributed by atoms with van der Waals surface area (Å²) in [5.41, 5.74) is -0.650. The van der Waals surface area contributed by atoms with E-state index in [1.54, 1.807) is 0 Å². The second kappa shape index (κ2) is 5.83. The third kappa shape index (κ3) is 4.64. The molecule has 0 aromatic rings. The molecular formula is C13H26N2O2. The summed E-state index contributed by atoms with van der Waals surface area (Å²) in [7, 11) is 0. The Hall–Kier alpha value is -0.610. The number of hydrogen-bond acceptors (Lipinski definition) is 3. The zero-order chi connectivity index (χ0) is 13.1. The molecule has 1 fully saturated rings. The largest absolute Gasteiger partial charge is 0.389 e. The highest BCUT2D eigenvalue weighted by molar-refractivity contribution is 5.78. The highest BCUT2D eigenvalue weighted by Crippen LogP contribution is 2.12. The molecule has 0 spiro atoms. The number of hydrogen-bond donors (Lipinski definition) is 1. The molecule has 0 radical (unpaired) electrons. The maximum atomic E-state index is 12.0. The van der Waals surface area contributed by atoms with Gasteiger partial charge in [-0.1, -0.05) is 13.8 Å². The molecule has 1 atom stereocenters. The van der Waals surface area contributed by atoms with Crippen molar-refractivity contribution in [3.05, 3.63) is 0 Å². The molecule has 1 aliphatic heterocycles. The van der Waals surface area contributed by atoms with Gasteiger partial charge < -0.3 is 10.0 Å². The molecule has 1 rings (SSSR count). The van der Waals surface area contributed by atoms with E-state index in [-0.39, 0.29) is 11.8 Å². The molecule has 4 nitrogen and oxygen atoms in total. The third-order valence-electron chi connectivity index (χ3n) is 3.33. The van der Waals surface area contributed by atoms with E-state index in [4.69, 9.17) is 0 Å². The van der Waals surface area contributed by atoms with Crippen LogP contribution in [0.1, 0.15) is 34.1 Å². The number of aliphatic hydroxyl groups is 1. The SMILES string of the molecule is CCC(C)C(=O)N1CCN(CC(C)(C)O)CC1. The number of piperazine rings is 1. The van der Waals surface area contributed by atoms with Crippen LogP contribution in [0.25, 0.3) is 0 Å². The summed E-state index contributed by atoms with van der Waals surface area (Å²) in [5, 5.41) is 9.75. The van der Waals surface area contributed by atoms with E-state index in [9.17, 15) is 9.90 Å². The molecule has 1 aliphatic rings. The van der Waals surface area contributed by atoms with Crippen LogP contribution >= 0.6 is 0 Å². The third-order valence-corrected chi connectivity index (χ3v) is 3.33. The lowest BCUT2D eigenvalue weighted by molar-refractivity contribution is -0.137. The summed E-state index contributed by atoms with van der Waals surface area (Å²) in [4.78, 5) is 16.2. The summed E-state index contributed by atoms with van der Waals surface area (Å²) in [6, 6.07) is 0. The average molecular weight is 242 g/mol. The topological polar surface area (TPSA) is 43.8 Å². The first-order valence-corrected chi connectivity index (χ1v) is 6.57. The van der Waals surface area contributed by atoms with E-state index in [1.807, 2.05) is 32.6 Å². The van der Waals surface area contributed by atoms with Gasteiger partial charge in [0.25, 0.3) is 0 Å². The van der Waals surface area contributed by atoms with Crippen LogP contribution in [0, 0.1) is 5.92 Å². The van der Waals surface area contributed by atoms with Gasteiger partial charge in [0.1, 0.15) is 0 Å². The highest BCUT2D eigenvalue weighted by atomic mass is 16.3. The monoisotopic (exact) mass is 242 g/mol. The van der Waals surface area contributed by atoms with Crippen LogP contribution < -0.4 is 0 Å². The average Bonchev–Trinajstić information content (AvgIpc) is 2.26. The number of β-amino-alcohol motifs (C(OH)–C–C–N with tert-alkyl or cyclic N) is 1. The summed E-state index contributed by atoms with van der Waals surface area (Å²) in [6.07, 6.45) is 0.905. The summed E-state index contributed by atoms with van der Waals surface area (Å²) >= 11 is 0. The summed E-state index contributed by atoms with van der Waals surface area (Å²) in [6.45, 7) is 11.7. The standard InChI is InChI=1S/C13H26N2O2/c1-5-11(2)12(16)15-8-6-14(7-9-15)10-13(3,4)17/h11,17H,5-10H2,1-4H3. The molecule has 1 amide bonds. The van der Waals surface area contributed by atoms with Gasteiger partial charge in [0, 0.05) is 38.6 Å². The van der Waals surface area contributed by atoms with E-state index in [2.05, 4.69) is 4.90 Å². The van der Waals surface area contributed by atoms with Crippen molar-refractivity contribution in [2.24, 2.45) is 5.92 Å². The van der Waals surface area contributed by atoms with Crippen molar-refractivity contribution < 1.29 is 9.90 Å². The molecule has 1 saturated heterocycles. The Morgan fingerprint density at radius 1 is 1.29 bits per heavy atom. The minimum atomic E-state index is -0.650. The predicted octanol–water partition coefficient (Wildman–Crippen LogP) is 0.948. The molecular weight excluding hydrogens is 216 g/mol. The second-order valence-electron chi connectivity index (χ2n) is 5.72. The van der Waals surface area contributed by atoms with Gasteiger partial charge in [-0.2, -0.15) is 0 Å². The molecule has 1 unspecified atom stereocenters. The zero-order valence-corrected chi connectivity index (χ0v) is 11.6. The van der Waals surface area contributed by atoms with Gasteiger partial charge >= 0.3 is 0 Å². The van der Waals surface area contributed by atoms with Gasteiger partial charge in [0.15, 0.2) is 0 Å². The normalized spacial score (nSPS) is 20.4. The van der Waals surface area contributed by atoms with E-state index in [0.717, 1.165) is 32.6 Å². The number of carbonyl (C=O) groups is 1. The van der Waals surface area contributed by atoms with Crippen molar-refractivity contribution >= 4 is 5.91 Å². The van der Waals surface area contributed by atoms with E-state index >= 15 is 0 Å². The van der Waals surface area contributed by atoms with Gasteiger partial charge in [0.2, 0.25) is 5.91 Å². The Morgan fingerprint density at radius 2 is 1.82 bits per heavy atom. The first kappa shape index (κ1) is 14.5. The van der Waals surface area contributed by atoms with Crippen LogP contribution in [-0.2, 0) is 4.79 Å². The van der Waals surface area contributed by atoms with Crippen molar-refractivity contribution in [2.45, 2.75) is 39.7 Å². The van der Waals surface area contributed by atoms with Gasteiger partial charge in [-0.05, 0) is 20.3 Å². The lowest BCUT2D eigenvalue weighted by Gasteiger charge is -2.38. The smallest absolute Gasteiger partial charge is 0.225 e. The Bertz CT molecular complexity index is 253. The molecule has 17 heavy (non-hydrogen) atoms. The quantitative estimate of drug-likeness (QED) is 0.798. The van der Waals surface area contributed by atoms with Gasteiger partial charge in [0.05, 0.1) is 5.60 Å². The fraction of sp³-hybridized carbons (Fsp3) is 0.923. The predicted molar refractivity (Wildman–Crippen MR) is 68.8 cm³/mol. The van der Waals surface area contributed by atoms with Crippen LogP contribution in [0.2, 0.25) is 0 Å². The Balaban J connectivity index is 2.38. The minimum absolute atomic E-state index is 0.135. The van der Waals surface area contributed by atoms with Gasteiger partial charge in [-0.3, -0.25) is 9.69 Å². The molecule has 4 heteroatoms. The van der Waals surface area contributed by atoms with Crippen molar-refractivity contribution in [2.75, 3.05) is 32.7 Å². The molecule has 1 N–H and O–H groups in total. The molecule has 1 heterocycles. The van der Waals surface area contributed by atoms with E-state index in [1.165, 1.54) is 0 Å². The van der Waals surface area contributed by atoms with Crippen LogP contribution in [0.5, 0.6) is 0 Å². The zero-order valence-electron chi connectivity index (χ0n) is 11.6. The molecule has 100 valence electrons. The lowest BCUT2D eigenvalue weighted by atomic mass is 10.1. The molecule has 0 aliphatic carbocycles. The van der Waals surface area contributed by atoms with Crippen molar-refractivity contribution in [1.29, 1.82) is 0 Å². The lowest BCUT2D eigenvalue weighted by Crippen LogP contribution is -2.52. The summed E-state index contributed by atoms with van der Waals surface area (Å²) in [5.74, 6) is 0.409.